The Bertz CT molecular complexity index is 453. The molecular formula is C17H24BrNO. The molecule has 0 aromatic heterocycles. The van der Waals surface area contributed by atoms with E-state index in [2.05, 4.69) is 21.2 Å². The molecule has 1 fully saturated rings. The van der Waals surface area contributed by atoms with Crippen LogP contribution in [0.15, 0.2) is 16.6 Å². The molecule has 0 aliphatic heterocycles. The van der Waals surface area contributed by atoms with Gasteiger partial charge in [-0.3, -0.25) is 4.79 Å². The molecule has 0 atom stereocenters. The van der Waals surface area contributed by atoms with Crippen molar-refractivity contribution >= 4 is 27.5 Å². The quantitative estimate of drug-likeness (QED) is 0.738. The number of hydrogen-bond acceptors (Lipinski definition) is 1. The van der Waals surface area contributed by atoms with Crippen LogP contribution in [0.5, 0.6) is 0 Å². The third-order valence-corrected chi connectivity index (χ3v) is 4.67. The highest BCUT2D eigenvalue weighted by atomic mass is 79.9. The number of anilines is 1. The minimum absolute atomic E-state index is 0.172. The number of aryl methyl sites for hydroxylation is 2. The molecule has 1 N–H and O–H groups in total. The predicted molar refractivity (Wildman–Crippen MR) is 88.1 cm³/mol. The van der Waals surface area contributed by atoms with Crippen molar-refractivity contribution in [1.82, 2.24) is 0 Å². The van der Waals surface area contributed by atoms with Crippen molar-refractivity contribution < 1.29 is 4.79 Å². The molecule has 0 radical (unpaired) electrons. The highest BCUT2D eigenvalue weighted by Crippen LogP contribution is 2.28. The number of hydrogen-bond donors (Lipinski definition) is 1. The van der Waals surface area contributed by atoms with E-state index in [0.29, 0.717) is 12.3 Å². The zero-order valence-electron chi connectivity index (χ0n) is 12.5. The summed E-state index contributed by atoms with van der Waals surface area (Å²) in [7, 11) is 0. The Balaban J connectivity index is 1.97. The van der Waals surface area contributed by atoms with E-state index in [1.807, 2.05) is 26.0 Å². The summed E-state index contributed by atoms with van der Waals surface area (Å²) >= 11 is 3.49. The van der Waals surface area contributed by atoms with E-state index < -0.39 is 0 Å². The van der Waals surface area contributed by atoms with E-state index in [0.717, 1.165) is 21.3 Å². The van der Waals surface area contributed by atoms with Gasteiger partial charge in [-0.25, -0.2) is 0 Å². The van der Waals surface area contributed by atoms with Gasteiger partial charge in [-0.2, -0.15) is 0 Å². The lowest BCUT2D eigenvalue weighted by Gasteiger charge is -2.16. The van der Waals surface area contributed by atoms with Gasteiger partial charge in [0.1, 0.15) is 0 Å². The first-order chi connectivity index (χ1) is 9.56. The Hall–Kier alpha value is -0.830. The van der Waals surface area contributed by atoms with E-state index in [1.165, 1.54) is 38.5 Å². The Morgan fingerprint density at radius 1 is 1.15 bits per heavy atom. The molecule has 0 bridgehead atoms. The van der Waals surface area contributed by atoms with Crippen LogP contribution in [0, 0.1) is 19.8 Å². The normalized spacial score (nSPS) is 16.8. The maximum atomic E-state index is 12.3. The van der Waals surface area contributed by atoms with E-state index >= 15 is 0 Å². The van der Waals surface area contributed by atoms with Gasteiger partial charge in [-0.1, -0.05) is 41.6 Å². The molecule has 0 heterocycles. The molecule has 0 saturated heterocycles. The first-order valence-corrected chi connectivity index (χ1v) is 8.42. The van der Waals surface area contributed by atoms with Crippen molar-refractivity contribution in [3.05, 3.63) is 27.7 Å². The third-order valence-electron chi connectivity index (χ3n) is 4.21. The maximum Gasteiger partial charge on any atom is 0.224 e. The minimum Gasteiger partial charge on any atom is -0.326 e. The van der Waals surface area contributed by atoms with Crippen LogP contribution in [0.3, 0.4) is 0 Å². The molecule has 1 amide bonds. The van der Waals surface area contributed by atoms with Crippen LogP contribution >= 0.6 is 15.9 Å². The Labute approximate surface area is 130 Å². The minimum atomic E-state index is 0.172. The molecule has 1 aromatic carbocycles. The standard InChI is InChI=1S/C17H24BrNO/c1-12-9-15(18)10-13(2)17(12)19-16(20)11-14-7-5-3-4-6-8-14/h9-10,14H,3-8,11H2,1-2H3,(H,19,20). The summed E-state index contributed by atoms with van der Waals surface area (Å²) in [6.07, 6.45) is 8.35. The van der Waals surface area contributed by atoms with E-state index in [9.17, 15) is 4.79 Å². The van der Waals surface area contributed by atoms with Crippen molar-refractivity contribution in [3.63, 3.8) is 0 Å². The Kier molecular flexibility index (Phi) is 5.64. The molecule has 1 saturated carbocycles. The maximum absolute atomic E-state index is 12.3. The molecule has 110 valence electrons. The number of amides is 1. The lowest BCUT2D eigenvalue weighted by molar-refractivity contribution is -0.117. The van der Waals surface area contributed by atoms with Crippen molar-refractivity contribution in [1.29, 1.82) is 0 Å². The number of carbonyl (C=O) groups is 1. The van der Waals surface area contributed by atoms with Crippen molar-refractivity contribution in [2.75, 3.05) is 5.32 Å². The Morgan fingerprint density at radius 3 is 2.25 bits per heavy atom. The highest BCUT2D eigenvalue weighted by molar-refractivity contribution is 9.10. The molecule has 1 aliphatic carbocycles. The fourth-order valence-electron chi connectivity index (χ4n) is 3.13. The molecule has 20 heavy (non-hydrogen) atoms. The average Bonchev–Trinajstić information content (AvgIpc) is 2.62. The molecular weight excluding hydrogens is 314 g/mol. The molecule has 0 spiro atoms. The smallest absolute Gasteiger partial charge is 0.224 e. The average molecular weight is 338 g/mol. The molecule has 0 unspecified atom stereocenters. The molecule has 2 nitrogen and oxygen atoms in total. The summed E-state index contributed by atoms with van der Waals surface area (Å²) in [5.74, 6) is 0.749. The lowest BCUT2D eigenvalue weighted by Crippen LogP contribution is -2.17. The van der Waals surface area contributed by atoms with Crippen LogP contribution in [0.25, 0.3) is 0 Å². The fourth-order valence-corrected chi connectivity index (χ4v) is 3.82. The second-order valence-electron chi connectivity index (χ2n) is 6.02. The van der Waals surface area contributed by atoms with E-state index in [1.54, 1.807) is 0 Å². The first-order valence-electron chi connectivity index (χ1n) is 7.63. The summed E-state index contributed by atoms with van der Waals surface area (Å²) in [4.78, 5) is 12.3. The molecule has 2 rings (SSSR count). The topological polar surface area (TPSA) is 29.1 Å². The van der Waals surface area contributed by atoms with Crippen LogP contribution in [0.1, 0.15) is 56.1 Å². The van der Waals surface area contributed by atoms with Crippen molar-refractivity contribution in [3.8, 4) is 0 Å². The molecule has 1 aromatic rings. The van der Waals surface area contributed by atoms with Gasteiger partial charge in [0.15, 0.2) is 0 Å². The highest BCUT2D eigenvalue weighted by Gasteiger charge is 2.17. The van der Waals surface area contributed by atoms with Crippen LogP contribution in [-0.4, -0.2) is 5.91 Å². The SMILES string of the molecule is Cc1cc(Br)cc(C)c1NC(=O)CC1CCCCCC1. The van der Waals surface area contributed by atoms with Crippen LogP contribution in [-0.2, 0) is 4.79 Å². The van der Waals surface area contributed by atoms with Gasteiger partial charge in [0, 0.05) is 16.6 Å². The van der Waals surface area contributed by atoms with E-state index in [-0.39, 0.29) is 5.91 Å². The summed E-state index contributed by atoms with van der Waals surface area (Å²) in [5, 5.41) is 3.11. The molecule has 1 aliphatic rings. The zero-order valence-corrected chi connectivity index (χ0v) is 14.1. The van der Waals surface area contributed by atoms with Gasteiger partial charge in [0.05, 0.1) is 0 Å². The lowest BCUT2D eigenvalue weighted by atomic mass is 9.96. The van der Waals surface area contributed by atoms with Gasteiger partial charge in [-0.15, -0.1) is 0 Å². The van der Waals surface area contributed by atoms with Crippen LogP contribution < -0.4 is 5.32 Å². The van der Waals surface area contributed by atoms with Crippen LogP contribution in [0.4, 0.5) is 5.69 Å². The number of halogens is 1. The van der Waals surface area contributed by atoms with Gasteiger partial charge >= 0.3 is 0 Å². The van der Waals surface area contributed by atoms with Crippen molar-refractivity contribution in [2.45, 2.75) is 58.8 Å². The van der Waals surface area contributed by atoms with Crippen molar-refractivity contribution in [2.24, 2.45) is 5.92 Å². The Morgan fingerprint density at radius 2 is 1.70 bits per heavy atom. The number of carbonyl (C=O) groups excluding carboxylic acids is 1. The van der Waals surface area contributed by atoms with Gasteiger partial charge in [0.2, 0.25) is 5.91 Å². The second-order valence-corrected chi connectivity index (χ2v) is 6.94. The fraction of sp³-hybridized carbons (Fsp3) is 0.588. The number of rotatable bonds is 3. The number of benzene rings is 1. The largest absolute Gasteiger partial charge is 0.326 e. The monoisotopic (exact) mass is 337 g/mol. The van der Waals surface area contributed by atoms with Crippen LogP contribution in [0.2, 0.25) is 0 Å². The second kappa shape index (κ2) is 7.26. The summed E-state index contributed by atoms with van der Waals surface area (Å²) < 4.78 is 1.06. The van der Waals surface area contributed by atoms with Gasteiger partial charge in [-0.05, 0) is 55.9 Å². The summed E-state index contributed by atoms with van der Waals surface area (Å²) in [5.41, 5.74) is 3.21. The predicted octanol–water partition coefficient (Wildman–Crippen LogP) is 5.36. The van der Waals surface area contributed by atoms with Gasteiger partial charge < -0.3 is 5.32 Å². The van der Waals surface area contributed by atoms with Gasteiger partial charge in [0.25, 0.3) is 0 Å². The number of nitrogens with one attached hydrogen (secondary N) is 1. The summed E-state index contributed by atoms with van der Waals surface area (Å²) in [6, 6.07) is 4.10. The summed E-state index contributed by atoms with van der Waals surface area (Å²) in [6.45, 7) is 4.08. The van der Waals surface area contributed by atoms with E-state index in [4.69, 9.17) is 0 Å². The first kappa shape index (κ1) is 15.6. The molecule has 3 heteroatoms. The third kappa shape index (κ3) is 4.34. The zero-order chi connectivity index (χ0) is 14.5.